The molecule has 1 atom stereocenters. The Labute approximate surface area is 172 Å². The lowest BCUT2D eigenvalue weighted by molar-refractivity contribution is 0.102. The van der Waals surface area contributed by atoms with E-state index >= 15 is 0 Å². The summed E-state index contributed by atoms with van der Waals surface area (Å²) in [6.07, 6.45) is 4.99. The Bertz CT molecular complexity index is 1030. The fourth-order valence-corrected chi connectivity index (χ4v) is 5.92. The molecule has 0 spiro atoms. The van der Waals surface area contributed by atoms with Gasteiger partial charge in [0.15, 0.2) is 17.3 Å². The van der Waals surface area contributed by atoms with Crippen molar-refractivity contribution in [2.75, 3.05) is 20.0 Å². The predicted molar refractivity (Wildman–Crippen MR) is 113 cm³/mol. The second-order valence-electron chi connectivity index (χ2n) is 6.99. The number of methoxy groups -OCH3 is 2. The molecule has 146 valence electrons. The number of hydrogen-bond acceptors (Lipinski definition) is 7. The molecule has 0 aliphatic heterocycles. The summed E-state index contributed by atoms with van der Waals surface area (Å²) in [5, 5.41) is 2.06. The van der Waals surface area contributed by atoms with Crippen molar-refractivity contribution < 1.29 is 14.3 Å². The number of benzene rings is 1. The number of carbonyl (C=O) groups is 1. The van der Waals surface area contributed by atoms with Crippen LogP contribution in [0, 0.1) is 5.92 Å². The summed E-state index contributed by atoms with van der Waals surface area (Å²) in [6, 6.07) is 5.26. The lowest BCUT2D eigenvalue weighted by Crippen LogP contribution is -2.09. The summed E-state index contributed by atoms with van der Waals surface area (Å²) in [4.78, 5) is 24.2. The van der Waals surface area contributed by atoms with Crippen LogP contribution in [0.2, 0.25) is 0 Å². The van der Waals surface area contributed by atoms with Gasteiger partial charge in [-0.2, -0.15) is 0 Å². The molecule has 0 fully saturated rings. The van der Waals surface area contributed by atoms with Crippen LogP contribution in [-0.2, 0) is 12.8 Å². The number of Topliss-reactive ketones (excluding diaryl/α,β-unsaturated/α-hetero) is 1. The Balaban J connectivity index is 1.57. The molecule has 7 heteroatoms. The fourth-order valence-electron chi connectivity index (χ4n) is 3.58. The van der Waals surface area contributed by atoms with Crippen molar-refractivity contribution in [1.29, 1.82) is 0 Å². The van der Waals surface area contributed by atoms with E-state index in [1.165, 1.54) is 28.6 Å². The topological polar surface area (TPSA) is 61.3 Å². The lowest BCUT2D eigenvalue weighted by atomic mass is 9.89. The first kappa shape index (κ1) is 19.2. The molecule has 3 aromatic rings. The minimum atomic E-state index is 0.0374. The first-order valence-corrected chi connectivity index (χ1v) is 11.0. The molecule has 0 N–H and O–H groups in total. The number of thioether (sulfide) groups is 1. The van der Waals surface area contributed by atoms with Crippen molar-refractivity contribution >= 4 is 39.1 Å². The summed E-state index contributed by atoms with van der Waals surface area (Å²) in [6.45, 7) is 2.30. The van der Waals surface area contributed by atoms with Crippen molar-refractivity contribution in [3.8, 4) is 11.5 Å². The van der Waals surface area contributed by atoms with E-state index in [2.05, 4.69) is 16.9 Å². The molecule has 4 rings (SSSR count). The highest BCUT2D eigenvalue weighted by molar-refractivity contribution is 8.00. The van der Waals surface area contributed by atoms with E-state index < -0.39 is 0 Å². The van der Waals surface area contributed by atoms with Gasteiger partial charge in [-0.05, 0) is 48.9 Å². The van der Waals surface area contributed by atoms with Crippen LogP contribution in [0.3, 0.4) is 0 Å². The van der Waals surface area contributed by atoms with Gasteiger partial charge in [0, 0.05) is 15.8 Å². The van der Waals surface area contributed by atoms with Crippen LogP contribution >= 0.6 is 23.1 Å². The number of nitrogens with zero attached hydrogens (tertiary/aromatic N) is 2. The number of hydrogen-bond donors (Lipinski definition) is 0. The van der Waals surface area contributed by atoms with Gasteiger partial charge in [0.25, 0.3) is 0 Å². The number of carbonyl (C=O) groups excluding carboxylic acids is 1. The van der Waals surface area contributed by atoms with Gasteiger partial charge in [0.1, 0.15) is 16.2 Å². The molecular formula is C21H22N2O3S2. The summed E-state index contributed by atoms with van der Waals surface area (Å²) < 4.78 is 10.5. The van der Waals surface area contributed by atoms with E-state index in [1.807, 2.05) is 0 Å². The Morgan fingerprint density at radius 3 is 2.86 bits per heavy atom. The van der Waals surface area contributed by atoms with Gasteiger partial charge in [0.2, 0.25) is 0 Å². The molecule has 28 heavy (non-hydrogen) atoms. The molecule has 2 heterocycles. The maximum Gasteiger partial charge on any atom is 0.173 e. The van der Waals surface area contributed by atoms with Crippen LogP contribution < -0.4 is 9.47 Å². The van der Waals surface area contributed by atoms with Crippen molar-refractivity contribution in [2.24, 2.45) is 5.92 Å². The molecule has 0 saturated heterocycles. The fraction of sp³-hybridized carbons (Fsp3) is 0.381. The van der Waals surface area contributed by atoms with Crippen LogP contribution in [0.5, 0.6) is 11.5 Å². The average Bonchev–Trinajstić information content (AvgIpc) is 3.09. The molecule has 1 aromatic carbocycles. The number of fused-ring (bicyclic) bond motifs is 3. The Morgan fingerprint density at radius 1 is 1.25 bits per heavy atom. The normalized spacial score (nSPS) is 16.0. The molecule has 0 bridgehead atoms. The van der Waals surface area contributed by atoms with Crippen LogP contribution in [0.4, 0.5) is 0 Å². The number of aryl methyl sites for hydroxylation is 1. The van der Waals surface area contributed by atoms with E-state index in [1.54, 1.807) is 50.1 Å². The van der Waals surface area contributed by atoms with Gasteiger partial charge in [-0.1, -0.05) is 18.7 Å². The maximum atomic E-state index is 12.7. The zero-order chi connectivity index (χ0) is 19.7. The third-order valence-corrected chi connectivity index (χ3v) is 7.25. The highest BCUT2D eigenvalue weighted by atomic mass is 32.2. The van der Waals surface area contributed by atoms with Gasteiger partial charge < -0.3 is 9.47 Å². The Hall–Kier alpha value is -2.12. The van der Waals surface area contributed by atoms with Crippen LogP contribution in [0.15, 0.2) is 29.6 Å². The van der Waals surface area contributed by atoms with Crippen molar-refractivity contribution in [3.63, 3.8) is 0 Å². The quantitative estimate of drug-likeness (QED) is 0.328. The van der Waals surface area contributed by atoms with Crippen molar-refractivity contribution in [3.05, 3.63) is 40.5 Å². The van der Waals surface area contributed by atoms with E-state index in [-0.39, 0.29) is 5.78 Å². The number of rotatable bonds is 6. The molecule has 5 nitrogen and oxygen atoms in total. The third-order valence-electron chi connectivity index (χ3n) is 5.10. The van der Waals surface area contributed by atoms with Crippen LogP contribution in [0.25, 0.3) is 10.2 Å². The second-order valence-corrected chi connectivity index (χ2v) is 9.04. The smallest absolute Gasteiger partial charge is 0.173 e. The summed E-state index contributed by atoms with van der Waals surface area (Å²) in [5.41, 5.74) is 2.00. The minimum absolute atomic E-state index is 0.0374. The number of aromatic nitrogens is 2. The third kappa shape index (κ3) is 3.61. The van der Waals surface area contributed by atoms with Gasteiger partial charge >= 0.3 is 0 Å². The highest BCUT2D eigenvalue weighted by Crippen LogP contribution is 2.40. The highest BCUT2D eigenvalue weighted by Gasteiger charge is 2.23. The zero-order valence-electron chi connectivity index (χ0n) is 16.2. The number of ketones is 1. The average molecular weight is 415 g/mol. The molecular weight excluding hydrogens is 392 g/mol. The van der Waals surface area contributed by atoms with Gasteiger partial charge in [-0.25, -0.2) is 9.97 Å². The predicted octanol–water partition coefficient (Wildman–Crippen LogP) is 4.81. The zero-order valence-corrected chi connectivity index (χ0v) is 17.8. The molecule has 1 aliphatic carbocycles. The van der Waals surface area contributed by atoms with Crippen LogP contribution in [0.1, 0.15) is 34.1 Å². The minimum Gasteiger partial charge on any atom is -0.493 e. The van der Waals surface area contributed by atoms with E-state index in [4.69, 9.17) is 9.47 Å². The van der Waals surface area contributed by atoms with E-state index in [0.29, 0.717) is 22.8 Å². The number of ether oxygens (including phenoxy) is 2. The van der Waals surface area contributed by atoms with Crippen molar-refractivity contribution in [2.45, 2.75) is 31.2 Å². The Kier molecular flexibility index (Phi) is 5.55. The first-order chi connectivity index (χ1) is 13.6. The first-order valence-electron chi connectivity index (χ1n) is 9.24. The van der Waals surface area contributed by atoms with Gasteiger partial charge in [-0.3, -0.25) is 4.79 Å². The van der Waals surface area contributed by atoms with Crippen LogP contribution in [-0.4, -0.2) is 35.7 Å². The SMILES string of the molecule is COc1ccc(C(=O)CSc2ncnc3sc4c(c23)CC[C@@H](C)C4)cc1OC. The second kappa shape index (κ2) is 8.09. The van der Waals surface area contributed by atoms with E-state index in [0.717, 1.165) is 34.0 Å². The monoisotopic (exact) mass is 414 g/mol. The molecule has 0 radical (unpaired) electrons. The summed E-state index contributed by atoms with van der Waals surface area (Å²) >= 11 is 3.27. The largest absolute Gasteiger partial charge is 0.493 e. The molecule has 1 aliphatic rings. The van der Waals surface area contributed by atoms with Gasteiger partial charge in [-0.15, -0.1) is 11.3 Å². The standard InChI is InChI=1S/C21H22N2O3S2/c1-12-4-6-14-18(8-12)28-21-19(14)20(22-11-23-21)27-10-15(24)13-5-7-16(25-2)17(9-13)26-3/h5,7,9,11-12H,4,6,8,10H2,1-3H3/t12-/m1/s1. The molecule has 2 aromatic heterocycles. The Morgan fingerprint density at radius 2 is 2.07 bits per heavy atom. The summed E-state index contributed by atoms with van der Waals surface area (Å²) in [7, 11) is 3.15. The molecule has 0 amide bonds. The van der Waals surface area contributed by atoms with E-state index in [9.17, 15) is 4.79 Å². The van der Waals surface area contributed by atoms with Crippen molar-refractivity contribution in [1.82, 2.24) is 9.97 Å². The number of thiophene rings is 1. The summed E-state index contributed by atoms with van der Waals surface area (Å²) in [5.74, 6) is 2.25. The lowest BCUT2D eigenvalue weighted by Gasteiger charge is -2.18. The molecule has 0 unspecified atom stereocenters. The molecule has 0 saturated carbocycles. The maximum absolute atomic E-state index is 12.7. The van der Waals surface area contributed by atoms with Gasteiger partial charge in [0.05, 0.1) is 20.0 Å².